The van der Waals surface area contributed by atoms with Crippen molar-refractivity contribution in [1.29, 1.82) is 0 Å². The molecule has 0 aromatic carbocycles. The lowest BCUT2D eigenvalue weighted by Gasteiger charge is -2.39. The molecule has 0 aromatic heterocycles. The van der Waals surface area contributed by atoms with E-state index >= 15 is 0 Å². The van der Waals surface area contributed by atoms with E-state index in [-0.39, 0.29) is 12.1 Å². The van der Waals surface area contributed by atoms with E-state index in [9.17, 15) is 8.42 Å². The molecular formula is C11H23ClN2O2S. The maximum Gasteiger partial charge on any atom is 0.282 e. The van der Waals surface area contributed by atoms with Gasteiger partial charge in [-0.1, -0.05) is 6.42 Å². The van der Waals surface area contributed by atoms with Crippen LogP contribution in [0, 0.1) is 0 Å². The van der Waals surface area contributed by atoms with Crippen LogP contribution in [-0.2, 0) is 10.2 Å². The van der Waals surface area contributed by atoms with Crippen molar-refractivity contribution in [3.05, 3.63) is 0 Å². The first kappa shape index (κ1) is 15.2. The van der Waals surface area contributed by atoms with Gasteiger partial charge in [0.15, 0.2) is 0 Å². The van der Waals surface area contributed by atoms with Gasteiger partial charge in [-0.15, -0.1) is 11.6 Å². The van der Waals surface area contributed by atoms with Crippen molar-refractivity contribution in [2.45, 2.75) is 51.6 Å². The fourth-order valence-corrected chi connectivity index (χ4v) is 3.74. The highest BCUT2D eigenvalue weighted by Gasteiger charge is 2.36. The smallest absolute Gasteiger partial charge is 0.195 e. The molecule has 0 amide bonds. The Morgan fingerprint density at radius 1 is 1.35 bits per heavy atom. The second kappa shape index (κ2) is 6.36. The van der Waals surface area contributed by atoms with Gasteiger partial charge in [-0.2, -0.15) is 17.0 Å². The molecule has 17 heavy (non-hydrogen) atoms. The molecule has 0 aromatic rings. The maximum absolute atomic E-state index is 12.4. The monoisotopic (exact) mass is 282 g/mol. The lowest BCUT2D eigenvalue weighted by molar-refractivity contribution is 0.203. The van der Waals surface area contributed by atoms with E-state index in [0.29, 0.717) is 18.8 Å². The van der Waals surface area contributed by atoms with E-state index in [2.05, 4.69) is 0 Å². The molecule has 1 fully saturated rings. The van der Waals surface area contributed by atoms with Gasteiger partial charge in [0.2, 0.25) is 0 Å². The van der Waals surface area contributed by atoms with Crippen LogP contribution in [0.5, 0.6) is 0 Å². The Morgan fingerprint density at radius 3 is 2.29 bits per heavy atom. The topological polar surface area (TPSA) is 40.6 Å². The lowest BCUT2D eigenvalue weighted by atomic mass is 9.93. The number of hydrogen-bond donors (Lipinski definition) is 0. The third-order valence-electron chi connectivity index (χ3n) is 3.38. The molecule has 0 unspecified atom stereocenters. The Hall–Kier alpha value is 0.160. The van der Waals surface area contributed by atoms with E-state index < -0.39 is 10.2 Å². The zero-order valence-corrected chi connectivity index (χ0v) is 12.5. The van der Waals surface area contributed by atoms with E-state index in [1.54, 1.807) is 11.4 Å². The molecule has 1 saturated carbocycles. The molecule has 0 aliphatic heterocycles. The third kappa shape index (κ3) is 3.56. The molecule has 0 bridgehead atoms. The molecule has 0 radical (unpaired) electrons. The molecule has 6 heteroatoms. The number of rotatable bonds is 7. The van der Waals surface area contributed by atoms with Crippen LogP contribution in [0.4, 0.5) is 0 Å². The Balaban J connectivity index is 2.80. The van der Waals surface area contributed by atoms with Crippen LogP contribution in [0.1, 0.15) is 39.5 Å². The van der Waals surface area contributed by atoms with Crippen LogP contribution < -0.4 is 0 Å². The zero-order chi connectivity index (χ0) is 13.1. The summed E-state index contributed by atoms with van der Waals surface area (Å²) in [7, 11) is -1.68. The third-order valence-corrected chi connectivity index (χ3v) is 5.87. The van der Waals surface area contributed by atoms with Crippen molar-refractivity contribution in [3.63, 3.8) is 0 Å². The Morgan fingerprint density at radius 2 is 1.94 bits per heavy atom. The summed E-state index contributed by atoms with van der Waals surface area (Å²) in [5, 5.41) is 0. The molecule has 1 rings (SSSR count). The minimum Gasteiger partial charge on any atom is -0.195 e. The standard InChI is InChI=1S/C11H23ClN2O2S/c1-10(2)13(3)17(15,16)14(9-5-8-12)11-6-4-7-11/h10-11H,4-9H2,1-3H3. The quantitative estimate of drug-likeness (QED) is 0.671. The average Bonchev–Trinajstić information content (AvgIpc) is 2.19. The van der Waals surface area contributed by atoms with Gasteiger partial charge in [0.05, 0.1) is 0 Å². The van der Waals surface area contributed by atoms with Gasteiger partial charge in [0.1, 0.15) is 0 Å². The number of hydrogen-bond acceptors (Lipinski definition) is 2. The van der Waals surface area contributed by atoms with E-state index in [0.717, 1.165) is 19.3 Å². The Labute approximate surface area is 110 Å². The van der Waals surface area contributed by atoms with Crippen LogP contribution in [0.3, 0.4) is 0 Å². The lowest BCUT2D eigenvalue weighted by Crippen LogP contribution is -2.51. The first-order chi connectivity index (χ1) is 7.91. The number of alkyl halides is 1. The molecule has 1 aliphatic rings. The van der Waals surface area contributed by atoms with Crippen molar-refractivity contribution in [1.82, 2.24) is 8.61 Å². The predicted molar refractivity (Wildman–Crippen MR) is 71.5 cm³/mol. The molecule has 4 nitrogen and oxygen atoms in total. The summed E-state index contributed by atoms with van der Waals surface area (Å²) in [6, 6.07) is 0.169. The van der Waals surface area contributed by atoms with Crippen LogP contribution >= 0.6 is 11.6 Å². The largest absolute Gasteiger partial charge is 0.282 e. The van der Waals surface area contributed by atoms with Crippen LogP contribution in [0.15, 0.2) is 0 Å². The minimum absolute atomic E-state index is 0.0152. The highest BCUT2D eigenvalue weighted by molar-refractivity contribution is 7.86. The van der Waals surface area contributed by atoms with Gasteiger partial charge < -0.3 is 0 Å². The molecule has 0 heterocycles. The second-order valence-electron chi connectivity index (χ2n) is 4.86. The summed E-state index contributed by atoms with van der Waals surface area (Å²) in [6.45, 7) is 4.31. The van der Waals surface area contributed by atoms with E-state index in [1.807, 2.05) is 13.8 Å². The van der Waals surface area contributed by atoms with E-state index in [4.69, 9.17) is 11.6 Å². The fourth-order valence-electron chi connectivity index (χ4n) is 1.81. The summed E-state index contributed by atoms with van der Waals surface area (Å²) in [6.07, 6.45) is 3.80. The van der Waals surface area contributed by atoms with E-state index in [1.165, 1.54) is 4.31 Å². The molecule has 0 spiro atoms. The predicted octanol–water partition coefficient (Wildman–Crippen LogP) is 2.05. The SMILES string of the molecule is CC(C)N(C)S(=O)(=O)N(CCCCl)C1CCC1. The van der Waals surface area contributed by atoms with Gasteiger partial charge in [0.25, 0.3) is 10.2 Å². The van der Waals surface area contributed by atoms with Crippen molar-refractivity contribution >= 4 is 21.8 Å². The van der Waals surface area contributed by atoms with Crippen LogP contribution in [-0.4, -0.2) is 48.6 Å². The number of halogens is 1. The first-order valence-electron chi connectivity index (χ1n) is 6.22. The highest BCUT2D eigenvalue weighted by atomic mass is 35.5. The first-order valence-corrected chi connectivity index (χ1v) is 8.15. The summed E-state index contributed by atoms with van der Waals surface area (Å²) < 4.78 is 27.9. The molecule has 0 N–H and O–H groups in total. The van der Waals surface area contributed by atoms with Crippen molar-refractivity contribution in [3.8, 4) is 0 Å². The molecule has 1 aliphatic carbocycles. The van der Waals surface area contributed by atoms with Crippen molar-refractivity contribution in [2.24, 2.45) is 0 Å². The van der Waals surface area contributed by atoms with Gasteiger partial charge in [-0.05, 0) is 33.1 Å². The van der Waals surface area contributed by atoms with Crippen molar-refractivity contribution < 1.29 is 8.42 Å². The summed E-state index contributed by atoms with van der Waals surface area (Å²) in [5.74, 6) is 0.504. The van der Waals surface area contributed by atoms with Gasteiger partial charge in [-0.3, -0.25) is 0 Å². The fraction of sp³-hybridized carbons (Fsp3) is 1.00. The van der Waals surface area contributed by atoms with Crippen LogP contribution in [0.2, 0.25) is 0 Å². The summed E-state index contributed by atoms with van der Waals surface area (Å²) >= 11 is 5.67. The van der Waals surface area contributed by atoms with Gasteiger partial charge >= 0.3 is 0 Å². The van der Waals surface area contributed by atoms with Gasteiger partial charge in [-0.25, -0.2) is 0 Å². The van der Waals surface area contributed by atoms with Crippen molar-refractivity contribution in [2.75, 3.05) is 19.5 Å². The minimum atomic E-state index is -3.32. The zero-order valence-electron chi connectivity index (χ0n) is 10.9. The summed E-state index contributed by atoms with van der Waals surface area (Å²) in [4.78, 5) is 0. The van der Waals surface area contributed by atoms with Gasteiger partial charge in [0, 0.05) is 31.6 Å². The number of nitrogens with zero attached hydrogens (tertiary/aromatic N) is 2. The Kier molecular flexibility index (Phi) is 5.70. The molecule has 0 saturated heterocycles. The highest BCUT2D eigenvalue weighted by Crippen LogP contribution is 2.28. The molecule has 102 valence electrons. The summed E-state index contributed by atoms with van der Waals surface area (Å²) in [5.41, 5.74) is 0. The average molecular weight is 283 g/mol. The molecule has 0 atom stereocenters. The van der Waals surface area contributed by atoms with Crippen LogP contribution in [0.25, 0.3) is 0 Å². The second-order valence-corrected chi connectivity index (χ2v) is 7.17. The normalized spacial score (nSPS) is 18.1. The molecular weight excluding hydrogens is 260 g/mol. The maximum atomic E-state index is 12.4. The Bertz CT molecular complexity index is 328.